The summed E-state index contributed by atoms with van der Waals surface area (Å²) >= 11 is 0. The molecule has 1 aliphatic carbocycles. The highest BCUT2D eigenvalue weighted by molar-refractivity contribution is 5.87. The third-order valence-electron chi connectivity index (χ3n) is 6.02. The van der Waals surface area contributed by atoms with Gasteiger partial charge in [-0.2, -0.15) is 0 Å². The van der Waals surface area contributed by atoms with Crippen molar-refractivity contribution in [2.75, 3.05) is 6.61 Å². The third-order valence-corrected chi connectivity index (χ3v) is 6.02. The number of esters is 1. The van der Waals surface area contributed by atoms with Crippen molar-refractivity contribution < 1.29 is 18.7 Å². The summed E-state index contributed by atoms with van der Waals surface area (Å²) in [6.07, 6.45) is 5.02. The number of benzene rings is 1. The van der Waals surface area contributed by atoms with E-state index in [2.05, 4.69) is 19.2 Å². The van der Waals surface area contributed by atoms with Gasteiger partial charge in [-0.1, -0.05) is 26.7 Å². The number of furan rings is 1. The summed E-state index contributed by atoms with van der Waals surface area (Å²) in [6, 6.07) is 4.16. The van der Waals surface area contributed by atoms with Crippen LogP contribution in [-0.4, -0.2) is 24.5 Å². The van der Waals surface area contributed by atoms with Crippen LogP contribution in [-0.2, 0) is 20.7 Å². The van der Waals surface area contributed by atoms with E-state index in [0.717, 1.165) is 40.5 Å². The van der Waals surface area contributed by atoms with Crippen LogP contribution < -0.4 is 5.32 Å². The molecule has 1 amide bonds. The van der Waals surface area contributed by atoms with E-state index in [1.165, 1.54) is 6.42 Å². The van der Waals surface area contributed by atoms with Crippen LogP contribution in [0.15, 0.2) is 22.8 Å². The summed E-state index contributed by atoms with van der Waals surface area (Å²) < 4.78 is 10.7. The number of carbonyl (C=O) groups excluding carboxylic acids is 2. The minimum atomic E-state index is -0.420. The first kappa shape index (κ1) is 19.5. The monoisotopic (exact) mass is 371 g/mol. The smallest absolute Gasteiger partial charge is 0.310 e. The molecule has 5 heteroatoms. The fourth-order valence-corrected chi connectivity index (χ4v) is 3.86. The zero-order valence-corrected chi connectivity index (χ0v) is 16.6. The molecular formula is C22H29NO4. The molecule has 1 aromatic carbocycles. The highest BCUT2D eigenvalue weighted by atomic mass is 16.5. The summed E-state index contributed by atoms with van der Waals surface area (Å²) in [6.45, 7) is 8.22. The van der Waals surface area contributed by atoms with E-state index in [1.54, 1.807) is 6.26 Å². The van der Waals surface area contributed by atoms with Crippen LogP contribution in [0.25, 0.3) is 11.0 Å². The molecule has 1 saturated carbocycles. The number of ether oxygens (including phenoxy) is 1. The van der Waals surface area contributed by atoms with Gasteiger partial charge in [0.1, 0.15) is 5.58 Å². The van der Waals surface area contributed by atoms with Crippen LogP contribution in [0.2, 0.25) is 0 Å². The second-order valence-electron chi connectivity index (χ2n) is 7.97. The molecule has 3 rings (SSSR count). The van der Waals surface area contributed by atoms with E-state index in [0.29, 0.717) is 11.8 Å². The molecule has 0 unspecified atom stereocenters. The van der Waals surface area contributed by atoms with Crippen LogP contribution in [0, 0.1) is 25.7 Å². The van der Waals surface area contributed by atoms with Crippen molar-refractivity contribution in [3.8, 4) is 0 Å². The first-order valence-electron chi connectivity index (χ1n) is 9.77. The van der Waals surface area contributed by atoms with Crippen LogP contribution >= 0.6 is 0 Å². The van der Waals surface area contributed by atoms with Crippen LogP contribution in [0.5, 0.6) is 0 Å². The number of hydrogen-bond acceptors (Lipinski definition) is 4. The van der Waals surface area contributed by atoms with Gasteiger partial charge in [0, 0.05) is 17.0 Å². The van der Waals surface area contributed by atoms with Crippen molar-refractivity contribution in [3.63, 3.8) is 0 Å². The molecule has 0 bridgehead atoms. The van der Waals surface area contributed by atoms with Crippen LogP contribution in [0.4, 0.5) is 0 Å². The highest BCUT2D eigenvalue weighted by Crippen LogP contribution is 2.29. The number of carbonyl (C=O) groups is 2. The second kappa shape index (κ2) is 8.15. The summed E-state index contributed by atoms with van der Waals surface area (Å²) in [5.41, 5.74) is 3.84. The van der Waals surface area contributed by atoms with E-state index in [-0.39, 0.29) is 25.0 Å². The van der Waals surface area contributed by atoms with Crippen LogP contribution in [0.1, 0.15) is 49.8 Å². The van der Waals surface area contributed by atoms with Gasteiger partial charge in [-0.25, -0.2) is 0 Å². The summed E-state index contributed by atoms with van der Waals surface area (Å²) in [5, 5.41) is 3.94. The summed E-state index contributed by atoms with van der Waals surface area (Å²) in [4.78, 5) is 24.3. The molecule has 2 aromatic rings. The number of amides is 1. The maximum Gasteiger partial charge on any atom is 0.310 e. The molecule has 1 fully saturated rings. The van der Waals surface area contributed by atoms with Gasteiger partial charge in [0.2, 0.25) is 0 Å². The molecule has 0 spiro atoms. The van der Waals surface area contributed by atoms with Gasteiger partial charge >= 0.3 is 5.97 Å². The Hall–Kier alpha value is -2.30. The quantitative estimate of drug-likeness (QED) is 0.804. The van der Waals surface area contributed by atoms with Gasteiger partial charge < -0.3 is 14.5 Å². The Bertz CT molecular complexity index is 838. The number of fused-ring (bicyclic) bond motifs is 1. The molecule has 146 valence electrons. The van der Waals surface area contributed by atoms with Gasteiger partial charge in [-0.05, 0) is 55.4 Å². The van der Waals surface area contributed by atoms with Crippen LogP contribution in [0.3, 0.4) is 0 Å². The molecule has 1 aromatic heterocycles. The van der Waals surface area contributed by atoms with E-state index in [1.807, 2.05) is 26.0 Å². The maximum absolute atomic E-state index is 12.2. The van der Waals surface area contributed by atoms with E-state index >= 15 is 0 Å². The number of rotatable bonds is 5. The standard InChI is InChI=1S/C22H29NO4/c1-13-6-5-7-19(16(13)4)23-21(24)12-27-22(25)10-17-11-26-20-9-15(3)14(2)8-18(17)20/h8-9,11,13,16,19H,5-7,10,12H2,1-4H3,(H,23,24)/t13-,16-,19-/m0/s1. The molecule has 0 radical (unpaired) electrons. The van der Waals surface area contributed by atoms with Crippen molar-refractivity contribution in [2.24, 2.45) is 11.8 Å². The Kier molecular flexibility index (Phi) is 5.88. The zero-order valence-electron chi connectivity index (χ0n) is 16.6. The van der Waals surface area contributed by atoms with Crippen molar-refractivity contribution in [1.82, 2.24) is 5.32 Å². The Labute approximate surface area is 160 Å². The Morgan fingerprint density at radius 2 is 1.93 bits per heavy atom. The SMILES string of the molecule is Cc1cc2occ(CC(=O)OCC(=O)N[C@H]3CCC[C@H](C)[C@@H]3C)c2cc1C. The Morgan fingerprint density at radius 3 is 2.70 bits per heavy atom. The van der Waals surface area contributed by atoms with Crippen molar-refractivity contribution in [3.05, 3.63) is 35.1 Å². The number of aryl methyl sites for hydroxylation is 2. The molecule has 0 saturated heterocycles. The predicted molar refractivity (Wildman–Crippen MR) is 104 cm³/mol. The molecule has 1 heterocycles. The minimum absolute atomic E-state index is 0.0969. The van der Waals surface area contributed by atoms with Gasteiger partial charge in [0.25, 0.3) is 5.91 Å². The molecule has 3 atom stereocenters. The van der Waals surface area contributed by atoms with Crippen molar-refractivity contribution in [1.29, 1.82) is 0 Å². The largest absolute Gasteiger partial charge is 0.464 e. The Balaban J connectivity index is 1.52. The predicted octanol–water partition coefficient (Wildman–Crippen LogP) is 4.08. The molecule has 1 N–H and O–H groups in total. The molecule has 1 aliphatic rings. The minimum Gasteiger partial charge on any atom is -0.464 e. The second-order valence-corrected chi connectivity index (χ2v) is 7.97. The fourth-order valence-electron chi connectivity index (χ4n) is 3.86. The molecule has 0 aliphatic heterocycles. The lowest BCUT2D eigenvalue weighted by atomic mass is 9.78. The van der Waals surface area contributed by atoms with Gasteiger partial charge in [-0.3, -0.25) is 9.59 Å². The summed E-state index contributed by atoms with van der Waals surface area (Å²) in [7, 11) is 0. The van der Waals surface area contributed by atoms with Crippen molar-refractivity contribution in [2.45, 2.75) is 59.4 Å². The molecule has 5 nitrogen and oxygen atoms in total. The van der Waals surface area contributed by atoms with Crippen molar-refractivity contribution >= 4 is 22.8 Å². The third kappa shape index (κ3) is 4.52. The average Bonchev–Trinajstić information content (AvgIpc) is 2.99. The first-order chi connectivity index (χ1) is 12.8. The fraction of sp³-hybridized carbons (Fsp3) is 0.545. The Morgan fingerprint density at radius 1 is 1.19 bits per heavy atom. The van der Waals surface area contributed by atoms with Gasteiger partial charge in [-0.15, -0.1) is 0 Å². The van der Waals surface area contributed by atoms with E-state index < -0.39 is 5.97 Å². The van der Waals surface area contributed by atoms with E-state index in [9.17, 15) is 9.59 Å². The summed E-state index contributed by atoms with van der Waals surface area (Å²) in [5.74, 6) is 0.407. The molecular weight excluding hydrogens is 342 g/mol. The topological polar surface area (TPSA) is 68.5 Å². The maximum atomic E-state index is 12.2. The lowest BCUT2D eigenvalue weighted by Gasteiger charge is -2.34. The first-order valence-corrected chi connectivity index (χ1v) is 9.77. The lowest BCUT2D eigenvalue weighted by molar-refractivity contribution is -0.148. The number of hydrogen-bond donors (Lipinski definition) is 1. The number of nitrogens with one attached hydrogen (secondary N) is 1. The zero-order chi connectivity index (χ0) is 19.6. The average molecular weight is 371 g/mol. The lowest BCUT2D eigenvalue weighted by Crippen LogP contribution is -2.45. The molecule has 27 heavy (non-hydrogen) atoms. The van der Waals surface area contributed by atoms with E-state index in [4.69, 9.17) is 9.15 Å². The van der Waals surface area contributed by atoms with Gasteiger partial charge in [0.05, 0.1) is 12.7 Å². The highest BCUT2D eigenvalue weighted by Gasteiger charge is 2.28. The normalized spacial score (nSPS) is 22.6. The van der Waals surface area contributed by atoms with Gasteiger partial charge in [0.15, 0.2) is 6.61 Å².